The van der Waals surface area contributed by atoms with E-state index in [9.17, 15) is 4.79 Å². The molecule has 5 heteroatoms. The number of halogens is 1. The molecule has 3 nitrogen and oxygen atoms in total. The number of nitrogens with zero attached hydrogens (tertiary/aromatic N) is 1. The molecule has 1 aromatic heterocycles. The fourth-order valence-electron chi connectivity index (χ4n) is 1.47. The number of rotatable bonds is 8. The van der Waals surface area contributed by atoms with Crippen LogP contribution < -0.4 is 5.32 Å². The van der Waals surface area contributed by atoms with E-state index in [1.807, 2.05) is 17.0 Å². The molecule has 0 radical (unpaired) electrons. The molecule has 1 aromatic rings. The zero-order chi connectivity index (χ0) is 13.4. The van der Waals surface area contributed by atoms with Crippen LogP contribution in [0.3, 0.4) is 0 Å². The summed E-state index contributed by atoms with van der Waals surface area (Å²) < 4.78 is 0.764. The van der Waals surface area contributed by atoms with E-state index in [1.165, 1.54) is 11.3 Å². The Bertz CT molecular complexity index is 417. The second kappa shape index (κ2) is 8.08. The summed E-state index contributed by atoms with van der Waals surface area (Å²) in [5.41, 5.74) is 0. The minimum atomic E-state index is -0.0144. The summed E-state index contributed by atoms with van der Waals surface area (Å²) in [6, 6.07) is 3.84. The van der Waals surface area contributed by atoms with Crippen molar-refractivity contribution >= 4 is 28.8 Å². The third-order valence-electron chi connectivity index (χ3n) is 2.21. The summed E-state index contributed by atoms with van der Waals surface area (Å²) in [6.07, 6.45) is 3.45. The van der Waals surface area contributed by atoms with Gasteiger partial charge < -0.3 is 5.32 Å². The van der Waals surface area contributed by atoms with E-state index in [0.29, 0.717) is 26.2 Å². The van der Waals surface area contributed by atoms with Gasteiger partial charge in [0.1, 0.15) is 0 Å². The molecule has 0 atom stereocenters. The maximum Gasteiger partial charge on any atom is 0.234 e. The summed E-state index contributed by atoms with van der Waals surface area (Å²) in [5, 5.41) is 2.76. The van der Waals surface area contributed by atoms with Gasteiger partial charge in [-0.05, 0) is 12.1 Å². The van der Waals surface area contributed by atoms with E-state index in [0.717, 1.165) is 9.21 Å². The molecule has 0 aromatic carbocycles. The van der Waals surface area contributed by atoms with Gasteiger partial charge in [0.05, 0.1) is 10.9 Å². The molecule has 98 valence electrons. The largest absolute Gasteiger partial charge is 0.352 e. The van der Waals surface area contributed by atoms with Crippen LogP contribution in [0.15, 0.2) is 37.4 Å². The number of thiophene rings is 1. The third-order valence-corrected chi connectivity index (χ3v) is 3.42. The van der Waals surface area contributed by atoms with Gasteiger partial charge in [0.15, 0.2) is 0 Å². The number of nitrogens with one attached hydrogen (secondary N) is 1. The van der Waals surface area contributed by atoms with Crippen molar-refractivity contribution in [3.63, 3.8) is 0 Å². The van der Waals surface area contributed by atoms with Crippen LogP contribution in [-0.4, -0.2) is 30.4 Å². The van der Waals surface area contributed by atoms with Gasteiger partial charge in [-0.2, -0.15) is 0 Å². The number of carbonyl (C=O) groups excluding carboxylic acids is 1. The van der Waals surface area contributed by atoms with Crippen molar-refractivity contribution in [2.24, 2.45) is 0 Å². The van der Waals surface area contributed by atoms with E-state index < -0.39 is 0 Å². The van der Waals surface area contributed by atoms with Crippen LogP contribution in [0.5, 0.6) is 0 Å². The summed E-state index contributed by atoms with van der Waals surface area (Å²) in [4.78, 5) is 14.8. The van der Waals surface area contributed by atoms with Gasteiger partial charge in [-0.25, -0.2) is 0 Å². The Morgan fingerprint density at radius 1 is 1.44 bits per heavy atom. The minimum Gasteiger partial charge on any atom is -0.352 e. The highest BCUT2D eigenvalue weighted by molar-refractivity contribution is 7.16. The Balaban J connectivity index is 2.51. The Morgan fingerprint density at radius 2 is 2.22 bits per heavy atom. The molecule has 1 amide bonds. The lowest BCUT2D eigenvalue weighted by atomic mass is 10.3. The third kappa shape index (κ3) is 5.49. The molecule has 0 saturated heterocycles. The molecular weight excluding hydrogens is 268 g/mol. The Labute approximate surface area is 117 Å². The Morgan fingerprint density at radius 3 is 2.78 bits per heavy atom. The maximum atomic E-state index is 11.6. The second-order valence-corrected chi connectivity index (χ2v) is 5.56. The molecule has 18 heavy (non-hydrogen) atoms. The molecule has 0 aliphatic heterocycles. The van der Waals surface area contributed by atoms with Gasteiger partial charge in [0.2, 0.25) is 5.91 Å². The standard InChI is InChI=1S/C13H17ClN2OS/c1-3-7-15-13(17)10-16(8-4-2)9-11-5-6-12(14)18-11/h3-6H,1-2,7-10H2,(H,15,17). The summed E-state index contributed by atoms with van der Waals surface area (Å²) >= 11 is 7.41. The Hall–Kier alpha value is -1.10. The number of amides is 1. The highest BCUT2D eigenvalue weighted by atomic mass is 35.5. The highest BCUT2D eigenvalue weighted by Crippen LogP contribution is 2.22. The molecule has 0 unspecified atom stereocenters. The zero-order valence-corrected chi connectivity index (χ0v) is 11.8. The molecule has 1 heterocycles. The first-order valence-corrected chi connectivity index (χ1v) is 6.80. The van der Waals surface area contributed by atoms with Crippen LogP contribution in [0.2, 0.25) is 4.34 Å². The second-order valence-electron chi connectivity index (χ2n) is 3.76. The van der Waals surface area contributed by atoms with Crippen molar-refractivity contribution in [3.8, 4) is 0 Å². The topological polar surface area (TPSA) is 32.3 Å². The van der Waals surface area contributed by atoms with E-state index in [2.05, 4.69) is 18.5 Å². The lowest BCUT2D eigenvalue weighted by Crippen LogP contribution is -2.36. The van der Waals surface area contributed by atoms with E-state index in [-0.39, 0.29) is 5.91 Å². The van der Waals surface area contributed by atoms with Crippen LogP contribution in [0.4, 0.5) is 0 Å². The average molecular weight is 285 g/mol. The van der Waals surface area contributed by atoms with Crippen LogP contribution in [0, 0.1) is 0 Å². The summed E-state index contributed by atoms with van der Waals surface area (Å²) in [5.74, 6) is -0.0144. The average Bonchev–Trinajstić information content (AvgIpc) is 2.72. The van der Waals surface area contributed by atoms with Gasteiger partial charge in [-0.15, -0.1) is 24.5 Å². The minimum absolute atomic E-state index is 0.0144. The lowest BCUT2D eigenvalue weighted by Gasteiger charge is -2.19. The molecule has 0 aliphatic rings. The van der Waals surface area contributed by atoms with Crippen molar-refractivity contribution < 1.29 is 4.79 Å². The number of hydrogen-bond donors (Lipinski definition) is 1. The van der Waals surface area contributed by atoms with Gasteiger partial charge in [-0.1, -0.05) is 23.8 Å². The normalized spacial score (nSPS) is 10.3. The van der Waals surface area contributed by atoms with Gasteiger partial charge in [0, 0.05) is 24.5 Å². The molecule has 0 spiro atoms. The summed E-state index contributed by atoms with van der Waals surface area (Å²) in [6.45, 7) is 9.46. The van der Waals surface area contributed by atoms with Gasteiger partial charge >= 0.3 is 0 Å². The lowest BCUT2D eigenvalue weighted by molar-refractivity contribution is -0.122. The number of carbonyl (C=O) groups is 1. The number of hydrogen-bond acceptors (Lipinski definition) is 3. The fourth-order valence-corrected chi connectivity index (χ4v) is 2.60. The highest BCUT2D eigenvalue weighted by Gasteiger charge is 2.10. The molecule has 0 bridgehead atoms. The maximum absolute atomic E-state index is 11.6. The van der Waals surface area contributed by atoms with Crippen molar-refractivity contribution in [1.82, 2.24) is 10.2 Å². The molecule has 0 aliphatic carbocycles. The first kappa shape index (κ1) is 15.0. The predicted octanol–water partition coefficient (Wildman–Crippen LogP) is 2.69. The van der Waals surface area contributed by atoms with Crippen LogP contribution in [0.25, 0.3) is 0 Å². The SMILES string of the molecule is C=CCNC(=O)CN(CC=C)Cc1ccc(Cl)s1. The molecule has 0 saturated carbocycles. The first-order chi connectivity index (χ1) is 8.65. The van der Waals surface area contributed by atoms with Crippen molar-refractivity contribution in [3.05, 3.63) is 46.7 Å². The van der Waals surface area contributed by atoms with E-state index >= 15 is 0 Å². The van der Waals surface area contributed by atoms with Crippen LogP contribution in [0.1, 0.15) is 4.88 Å². The predicted molar refractivity (Wildman–Crippen MR) is 78.0 cm³/mol. The van der Waals surface area contributed by atoms with Crippen LogP contribution >= 0.6 is 22.9 Å². The van der Waals surface area contributed by atoms with Crippen molar-refractivity contribution in [2.45, 2.75) is 6.54 Å². The zero-order valence-electron chi connectivity index (χ0n) is 10.2. The quantitative estimate of drug-likeness (QED) is 0.745. The van der Waals surface area contributed by atoms with Crippen molar-refractivity contribution in [2.75, 3.05) is 19.6 Å². The molecule has 1 N–H and O–H groups in total. The Kier molecular flexibility index (Phi) is 6.72. The molecule has 0 fully saturated rings. The van der Waals surface area contributed by atoms with E-state index in [4.69, 9.17) is 11.6 Å². The van der Waals surface area contributed by atoms with Gasteiger partial charge in [0.25, 0.3) is 0 Å². The first-order valence-electron chi connectivity index (χ1n) is 5.60. The smallest absolute Gasteiger partial charge is 0.234 e. The fraction of sp³-hybridized carbons (Fsp3) is 0.308. The summed E-state index contributed by atoms with van der Waals surface area (Å²) in [7, 11) is 0. The van der Waals surface area contributed by atoms with Crippen LogP contribution in [-0.2, 0) is 11.3 Å². The van der Waals surface area contributed by atoms with E-state index in [1.54, 1.807) is 12.2 Å². The molecular formula is C13H17ClN2OS. The monoisotopic (exact) mass is 284 g/mol. The molecule has 1 rings (SSSR count). The van der Waals surface area contributed by atoms with Crippen molar-refractivity contribution in [1.29, 1.82) is 0 Å². The van der Waals surface area contributed by atoms with Gasteiger partial charge in [-0.3, -0.25) is 9.69 Å².